The Morgan fingerprint density at radius 3 is 2.09 bits per heavy atom. The van der Waals surface area contributed by atoms with Crippen LogP contribution in [0.25, 0.3) is 22.5 Å². The summed E-state index contributed by atoms with van der Waals surface area (Å²) in [5, 5.41) is 3.41. The van der Waals surface area contributed by atoms with Crippen LogP contribution in [-0.4, -0.2) is 39.1 Å². The number of hydrogen-bond acceptors (Lipinski definition) is 10. The number of pyridine rings is 1. The van der Waals surface area contributed by atoms with Gasteiger partial charge in [0.2, 0.25) is 5.95 Å². The second-order valence-corrected chi connectivity index (χ2v) is 10.00. The Balaban J connectivity index is 1.35. The number of hydrogen-bond donors (Lipinski definition) is 1. The highest BCUT2D eigenvalue weighted by atomic mass is 16.5. The number of methoxy groups -OCH3 is 2. The third kappa shape index (κ3) is 6.38. The number of nitrogens with zero attached hydrogens (tertiary/aromatic N) is 6. The van der Waals surface area contributed by atoms with E-state index in [1.54, 1.807) is 20.4 Å². The summed E-state index contributed by atoms with van der Waals surface area (Å²) in [7, 11) is 3.32. The van der Waals surface area contributed by atoms with Gasteiger partial charge in [-0.2, -0.15) is 9.97 Å². The Kier molecular flexibility index (Phi) is 7.82. The molecule has 0 bridgehead atoms. The first-order valence-electron chi connectivity index (χ1n) is 13.8. The van der Waals surface area contributed by atoms with Crippen LogP contribution >= 0.6 is 0 Å². The highest BCUT2D eigenvalue weighted by Crippen LogP contribution is 2.29. The highest BCUT2D eigenvalue weighted by molar-refractivity contribution is 5.81. The van der Waals surface area contributed by atoms with Crippen LogP contribution in [0, 0.1) is 13.8 Å². The number of ether oxygens (including phenoxy) is 2. The van der Waals surface area contributed by atoms with E-state index in [0.717, 1.165) is 45.0 Å². The van der Waals surface area contributed by atoms with Crippen LogP contribution < -0.4 is 19.7 Å². The van der Waals surface area contributed by atoms with Crippen LogP contribution in [0.2, 0.25) is 0 Å². The van der Waals surface area contributed by atoms with Gasteiger partial charge in [-0.25, -0.2) is 15.0 Å². The smallest absolute Gasteiger partial charge is 0.229 e. The number of aromatic nitrogens is 5. The normalized spacial score (nSPS) is 11.0. The molecule has 1 N–H and O–H groups in total. The maximum Gasteiger partial charge on any atom is 0.229 e. The van der Waals surface area contributed by atoms with E-state index in [4.69, 9.17) is 28.8 Å². The molecule has 6 rings (SSSR count). The summed E-state index contributed by atoms with van der Waals surface area (Å²) >= 11 is 0. The van der Waals surface area contributed by atoms with Crippen LogP contribution in [0.3, 0.4) is 0 Å². The van der Waals surface area contributed by atoms with Gasteiger partial charge in [0, 0.05) is 31.9 Å². The van der Waals surface area contributed by atoms with Crippen LogP contribution in [0.4, 0.5) is 17.5 Å². The van der Waals surface area contributed by atoms with Crippen molar-refractivity contribution in [3.8, 4) is 22.9 Å². The van der Waals surface area contributed by atoms with Gasteiger partial charge in [0.15, 0.2) is 17.3 Å². The zero-order valence-electron chi connectivity index (χ0n) is 24.4. The lowest BCUT2D eigenvalue weighted by Gasteiger charge is -2.24. The van der Waals surface area contributed by atoms with Crippen molar-refractivity contribution in [1.82, 2.24) is 24.9 Å². The molecule has 6 aromatic rings. The monoisotopic (exact) mass is 573 g/mol. The minimum atomic E-state index is 0.519. The van der Waals surface area contributed by atoms with Crippen LogP contribution in [0.15, 0.2) is 89.5 Å². The van der Waals surface area contributed by atoms with Crippen LogP contribution in [0.5, 0.6) is 11.5 Å². The van der Waals surface area contributed by atoms with Crippen molar-refractivity contribution in [2.45, 2.75) is 26.9 Å². The summed E-state index contributed by atoms with van der Waals surface area (Å²) in [5.41, 5.74) is 5.26. The van der Waals surface area contributed by atoms with E-state index >= 15 is 0 Å². The van der Waals surface area contributed by atoms with Crippen molar-refractivity contribution in [2.75, 3.05) is 24.4 Å². The molecule has 10 nitrogen and oxygen atoms in total. The average molecular weight is 574 g/mol. The number of aryl methyl sites for hydroxylation is 2. The molecule has 0 aliphatic rings. The molecular formula is C33H31N7O3. The number of benzene rings is 3. The Morgan fingerprint density at radius 1 is 0.767 bits per heavy atom. The molecule has 10 heteroatoms. The standard InChI is InChI=1S/C33H31N7O3/c1-21-35-32(28-6-5-17-34-31(28)38-25-11-16-30-29(18-25)37-22(2)43-30)39-33(36-21)40(19-23-7-12-26(41-3)13-8-23)20-24-9-14-27(42-4)15-10-24/h5-18H,19-20H2,1-4H3,(H,34,38). The van der Waals surface area contributed by atoms with Gasteiger partial charge in [0.1, 0.15) is 28.7 Å². The second kappa shape index (κ2) is 12.2. The molecule has 3 heterocycles. The van der Waals surface area contributed by atoms with E-state index in [1.807, 2.05) is 92.7 Å². The minimum Gasteiger partial charge on any atom is -0.497 e. The molecule has 0 radical (unpaired) electrons. The molecule has 3 aromatic carbocycles. The number of oxazole rings is 1. The number of rotatable bonds is 10. The first-order valence-corrected chi connectivity index (χ1v) is 13.8. The average Bonchev–Trinajstić information content (AvgIpc) is 3.40. The van der Waals surface area contributed by atoms with Gasteiger partial charge in [0.05, 0.1) is 19.8 Å². The van der Waals surface area contributed by atoms with Gasteiger partial charge in [-0.3, -0.25) is 0 Å². The maximum absolute atomic E-state index is 5.62. The minimum absolute atomic E-state index is 0.519. The first-order chi connectivity index (χ1) is 21.0. The van der Waals surface area contributed by atoms with Crippen molar-refractivity contribution in [2.24, 2.45) is 0 Å². The molecule has 0 saturated heterocycles. The van der Waals surface area contributed by atoms with Crippen LogP contribution in [0.1, 0.15) is 22.8 Å². The summed E-state index contributed by atoms with van der Waals surface area (Å²) in [6.45, 7) is 4.86. The number of anilines is 3. The lowest BCUT2D eigenvalue weighted by molar-refractivity contribution is 0.414. The van der Waals surface area contributed by atoms with Crippen molar-refractivity contribution >= 4 is 28.6 Å². The summed E-state index contributed by atoms with van der Waals surface area (Å²) in [4.78, 5) is 25.6. The van der Waals surface area contributed by atoms with E-state index < -0.39 is 0 Å². The maximum atomic E-state index is 5.62. The molecule has 43 heavy (non-hydrogen) atoms. The molecule has 216 valence electrons. The fourth-order valence-corrected chi connectivity index (χ4v) is 4.77. The number of fused-ring (bicyclic) bond motifs is 1. The highest BCUT2D eigenvalue weighted by Gasteiger charge is 2.18. The summed E-state index contributed by atoms with van der Waals surface area (Å²) in [5.74, 6) is 4.53. The largest absolute Gasteiger partial charge is 0.497 e. The topological polar surface area (TPSA) is 111 Å². The van der Waals surface area contributed by atoms with Crippen molar-refractivity contribution in [3.05, 3.63) is 108 Å². The quantitative estimate of drug-likeness (QED) is 0.191. The predicted octanol–water partition coefficient (Wildman–Crippen LogP) is 6.66. The molecule has 0 unspecified atom stereocenters. The Bertz CT molecular complexity index is 1800. The zero-order valence-corrected chi connectivity index (χ0v) is 24.4. The summed E-state index contributed by atoms with van der Waals surface area (Å²) < 4.78 is 16.3. The van der Waals surface area contributed by atoms with E-state index in [0.29, 0.717) is 42.4 Å². The third-order valence-electron chi connectivity index (χ3n) is 6.89. The molecule has 3 aromatic heterocycles. The summed E-state index contributed by atoms with van der Waals surface area (Å²) in [6.07, 6.45) is 1.74. The number of nitrogens with one attached hydrogen (secondary N) is 1. The Labute approximate surface area is 249 Å². The molecule has 0 atom stereocenters. The predicted molar refractivity (Wildman–Crippen MR) is 166 cm³/mol. The van der Waals surface area contributed by atoms with E-state index in [-0.39, 0.29) is 0 Å². The Hall–Kier alpha value is -5.51. The molecular weight excluding hydrogens is 542 g/mol. The Morgan fingerprint density at radius 2 is 1.44 bits per heavy atom. The lowest BCUT2D eigenvalue weighted by atomic mass is 10.1. The zero-order chi connectivity index (χ0) is 29.8. The molecule has 0 fully saturated rings. The van der Waals surface area contributed by atoms with Crippen molar-refractivity contribution in [3.63, 3.8) is 0 Å². The first kappa shape index (κ1) is 27.6. The molecule has 0 saturated carbocycles. The molecule has 0 amide bonds. The van der Waals surface area contributed by atoms with Gasteiger partial charge in [-0.1, -0.05) is 24.3 Å². The fourth-order valence-electron chi connectivity index (χ4n) is 4.77. The molecule has 0 spiro atoms. The van der Waals surface area contributed by atoms with Gasteiger partial charge in [-0.05, 0) is 72.6 Å². The van der Waals surface area contributed by atoms with E-state index in [2.05, 4.69) is 20.2 Å². The summed E-state index contributed by atoms with van der Waals surface area (Å²) in [6, 6.07) is 25.6. The van der Waals surface area contributed by atoms with Crippen molar-refractivity contribution in [1.29, 1.82) is 0 Å². The fraction of sp³-hybridized carbons (Fsp3) is 0.182. The van der Waals surface area contributed by atoms with E-state index in [1.165, 1.54) is 0 Å². The lowest BCUT2D eigenvalue weighted by Crippen LogP contribution is -2.25. The van der Waals surface area contributed by atoms with Crippen LogP contribution in [-0.2, 0) is 13.1 Å². The second-order valence-electron chi connectivity index (χ2n) is 10.00. The third-order valence-corrected chi connectivity index (χ3v) is 6.89. The van der Waals surface area contributed by atoms with Gasteiger partial charge >= 0.3 is 0 Å². The SMILES string of the molecule is COc1ccc(CN(Cc2ccc(OC)cc2)c2nc(C)nc(-c3cccnc3Nc3ccc4oc(C)nc4c3)n2)cc1. The van der Waals surface area contributed by atoms with Crippen molar-refractivity contribution < 1.29 is 13.9 Å². The van der Waals surface area contributed by atoms with Gasteiger partial charge in [0.25, 0.3) is 0 Å². The van der Waals surface area contributed by atoms with E-state index in [9.17, 15) is 0 Å². The molecule has 0 aliphatic heterocycles. The molecule has 0 aliphatic carbocycles. The van der Waals surface area contributed by atoms with Gasteiger partial charge < -0.3 is 24.1 Å². The van der Waals surface area contributed by atoms with Gasteiger partial charge in [-0.15, -0.1) is 0 Å².